The van der Waals surface area contributed by atoms with Crippen molar-refractivity contribution < 1.29 is 14.0 Å². The van der Waals surface area contributed by atoms with Crippen LogP contribution in [0.25, 0.3) is 0 Å². The molecule has 1 amide bonds. The highest BCUT2D eigenvalue weighted by atomic mass is 35.5. The number of halogens is 2. The number of nitrogens with one attached hydrogen (secondary N) is 1. The summed E-state index contributed by atoms with van der Waals surface area (Å²) < 4.78 is 13.2. The van der Waals surface area contributed by atoms with Crippen molar-refractivity contribution in [1.82, 2.24) is 0 Å². The van der Waals surface area contributed by atoms with Crippen molar-refractivity contribution in [1.29, 1.82) is 0 Å². The van der Waals surface area contributed by atoms with Gasteiger partial charge in [-0.15, -0.1) is 11.8 Å². The average molecular weight is 352 g/mol. The van der Waals surface area contributed by atoms with Gasteiger partial charge in [-0.1, -0.05) is 11.6 Å². The predicted molar refractivity (Wildman–Crippen MR) is 92.9 cm³/mol. The molecule has 23 heavy (non-hydrogen) atoms. The number of carbonyl (C=O) groups excluding carboxylic acids is 2. The quantitative estimate of drug-likeness (QED) is 0.787. The number of aryl methyl sites for hydroxylation is 1. The van der Waals surface area contributed by atoms with Gasteiger partial charge in [-0.2, -0.15) is 0 Å². The standard InChI is InChI=1S/C17H15ClFNO2S/c1-11-8-12(2-7-15(11)19)16(21)9-23-10-17(22)20-14-5-3-13(18)4-6-14/h2-8H,9-10H2,1H3,(H,20,22). The molecule has 0 radical (unpaired) electrons. The third-order valence-electron chi connectivity index (χ3n) is 3.07. The molecule has 0 unspecified atom stereocenters. The number of thioether (sulfide) groups is 1. The van der Waals surface area contributed by atoms with E-state index in [0.717, 1.165) is 0 Å². The lowest BCUT2D eigenvalue weighted by molar-refractivity contribution is -0.113. The Morgan fingerprint density at radius 3 is 2.48 bits per heavy atom. The molecule has 0 heterocycles. The molecule has 3 nitrogen and oxygen atoms in total. The molecule has 6 heteroatoms. The van der Waals surface area contributed by atoms with Crippen LogP contribution in [-0.4, -0.2) is 23.2 Å². The van der Waals surface area contributed by atoms with Crippen molar-refractivity contribution in [2.45, 2.75) is 6.92 Å². The molecule has 0 saturated carbocycles. The third kappa shape index (κ3) is 5.37. The van der Waals surface area contributed by atoms with Crippen LogP contribution < -0.4 is 5.32 Å². The maximum absolute atomic E-state index is 13.2. The Bertz CT molecular complexity index is 719. The molecular weight excluding hydrogens is 337 g/mol. The molecule has 0 saturated heterocycles. The second-order valence-electron chi connectivity index (χ2n) is 4.94. The maximum atomic E-state index is 13.2. The van der Waals surface area contributed by atoms with E-state index in [9.17, 15) is 14.0 Å². The molecule has 2 aromatic rings. The fourth-order valence-corrected chi connectivity index (χ4v) is 2.71. The molecular formula is C17H15ClFNO2S. The average Bonchev–Trinajstić information content (AvgIpc) is 2.52. The van der Waals surface area contributed by atoms with E-state index in [4.69, 9.17) is 11.6 Å². The number of benzene rings is 2. The van der Waals surface area contributed by atoms with Gasteiger partial charge in [-0.25, -0.2) is 4.39 Å². The lowest BCUT2D eigenvalue weighted by atomic mass is 10.1. The molecule has 0 atom stereocenters. The molecule has 0 aliphatic rings. The normalized spacial score (nSPS) is 10.4. The number of hydrogen-bond acceptors (Lipinski definition) is 3. The van der Waals surface area contributed by atoms with Crippen LogP contribution >= 0.6 is 23.4 Å². The first-order valence-corrected chi connectivity index (χ1v) is 8.41. The lowest BCUT2D eigenvalue weighted by Gasteiger charge is -2.06. The number of amides is 1. The Balaban J connectivity index is 1.79. The summed E-state index contributed by atoms with van der Waals surface area (Å²) >= 11 is 6.98. The minimum absolute atomic E-state index is 0.127. The summed E-state index contributed by atoms with van der Waals surface area (Å²) in [5.41, 5.74) is 1.54. The summed E-state index contributed by atoms with van der Waals surface area (Å²) in [6, 6.07) is 11.0. The molecule has 2 rings (SSSR count). The van der Waals surface area contributed by atoms with E-state index in [0.29, 0.717) is 21.8 Å². The van der Waals surface area contributed by atoms with E-state index < -0.39 is 0 Å². The van der Waals surface area contributed by atoms with Crippen LogP contribution in [-0.2, 0) is 4.79 Å². The van der Waals surface area contributed by atoms with Crippen molar-refractivity contribution in [3.63, 3.8) is 0 Å². The Hall–Kier alpha value is -1.85. The highest BCUT2D eigenvalue weighted by Crippen LogP contribution is 2.15. The summed E-state index contributed by atoms with van der Waals surface area (Å²) in [6.07, 6.45) is 0. The van der Waals surface area contributed by atoms with E-state index in [1.807, 2.05) is 0 Å². The van der Waals surface area contributed by atoms with Gasteiger partial charge in [0.2, 0.25) is 5.91 Å². The van der Waals surface area contributed by atoms with Gasteiger partial charge in [0.25, 0.3) is 0 Å². The molecule has 120 valence electrons. The molecule has 1 N–H and O–H groups in total. The Labute approximate surface area is 143 Å². The monoisotopic (exact) mass is 351 g/mol. The summed E-state index contributed by atoms with van der Waals surface area (Å²) in [7, 11) is 0. The fourth-order valence-electron chi connectivity index (χ4n) is 1.87. The third-order valence-corrected chi connectivity index (χ3v) is 4.26. The van der Waals surface area contributed by atoms with Gasteiger partial charge >= 0.3 is 0 Å². The summed E-state index contributed by atoms with van der Waals surface area (Å²) in [4.78, 5) is 23.8. The molecule has 0 aliphatic heterocycles. The van der Waals surface area contributed by atoms with Gasteiger partial charge in [0.05, 0.1) is 11.5 Å². The second-order valence-corrected chi connectivity index (χ2v) is 6.36. The number of carbonyl (C=O) groups is 2. The van der Waals surface area contributed by atoms with Crippen molar-refractivity contribution in [2.24, 2.45) is 0 Å². The minimum atomic E-state index is -0.337. The van der Waals surface area contributed by atoms with Crippen LogP contribution in [0.1, 0.15) is 15.9 Å². The van der Waals surface area contributed by atoms with Gasteiger partial charge in [0.1, 0.15) is 5.82 Å². The Morgan fingerprint density at radius 1 is 1.13 bits per heavy atom. The van der Waals surface area contributed by atoms with Crippen molar-refractivity contribution in [3.8, 4) is 0 Å². The Morgan fingerprint density at radius 2 is 1.83 bits per heavy atom. The number of anilines is 1. The van der Waals surface area contributed by atoms with Crippen LogP contribution in [0.5, 0.6) is 0 Å². The van der Waals surface area contributed by atoms with Gasteiger partial charge in [0.15, 0.2) is 5.78 Å². The first-order valence-electron chi connectivity index (χ1n) is 6.88. The van der Waals surface area contributed by atoms with Crippen LogP contribution in [0.3, 0.4) is 0 Å². The maximum Gasteiger partial charge on any atom is 0.234 e. The van der Waals surface area contributed by atoms with E-state index in [-0.39, 0.29) is 29.0 Å². The SMILES string of the molecule is Cc1cc(C(=O)CSCC(=O)Nc2ccc(Cl)cc2)ccc1F. The molecule has 0 spiro atoms. The highest BCUT2D eigenvalue weighted by molar-refractivity contribution is 8.00. The number of ketones is 1. The van der Waals surface area contributed by atoms with Crippen LogP contribution in [0, 0.1) is 12.7 Å². The first kappa shape index (κ1) is 17.5. The van der Waals surface area contributed by atoms with Crippen molar-refractivity contribution >= 4 is 40.7 Å². The van der Waals surface area contributed by atoms with Gasteiger partial charge in [-0.3, -0.25) is 9.59 Å². The smallest absolute Gasteiger partial charge is 0.234 e. The minimum Gasteiger partial charge on any atom is -0.325 e. The van der Waals surface area contributed by atoms with E-state index in [2.05, 4.69) is 5.32 Å². The van der Waals surface area contributed by atoms with Gasteiger partial charge < -0.3 is 5.32 Å². The summed E-state index contributed by atoms with van der Waals surface area (Å²) in [5, 5.41) is 3.31. The number of rotatable bonds is 6. The zero-order chi connectivity index (χ0) is 16.8. The number of hydrogen-bond donors (Lipinski definition) is 1. The van der Waals surface area contributed by atoms with Crippen molar-refractivity contribution in [3.05, 3.63) is 64.4 Å². The zero-order valence-corrected chi connectivity index (χ0v) is 14.0. The topological polar surface area (TPSA) is 46.2 Å². The molecule has 0 bridgehead atoms. The van der Waals surface area contributed by atoms with Gasteiger partial charge in [0, 0.05) is 16.3 Å². The Kier molecular flexibility index (Phi) is 6.19. The highest BCUT2D eigenvalue weighted by Gasteiger charge is 2.10. The van der Waals surface area contributed by atoms with Crippen molar-refractivity contribution in [2.75, 3.05) is 16.8 Å². The van der Waals surface area contributed by atoms with Crippen LogP contribution in [0.15, 0.2) is 42.5 Å². The summed E-state index contributed by atoms with van der Waals surface area (Å²) in [6.45, 7) is 1.61. The van der Waals surface area contributed by atoms with E-state index in [1.54, 1.807) is 31.2 Å². The van der Waals surface area contributed by atoms with Crippen LogP contribution in [0.4, 0.5) is 10.1 Å². The van der Waals surface area contributed by atoms with E-state index in [1.165, 1.54) is 30.0 Å². The molecule has 0 aliphatic carbocycles. The predicted octanol–water partition coefficient (Wildman–Crippen LogP) is 4.34. The number of Topliss-reactive ketones (excluding diaryl/α,β-unsaturated/α-hetero) is 1. The lowest BCUT2D eigenvalue weighted by Crippen LogP contribution is -2.15. The second kappa shape index (κ2) is 8.13. The van der Waals surface area contributed by atoms with E-state index >= 15 is 0 Å². The summed E-state index contributed by atoms with van der Waals surface area (Å²) in [5.74, 6) is -0.331. The first-order chi connectivity index (χ1) is 11.0. The van der Waals surface area contributed by atoms with Gasteiger partial charge in [-0.05, 0) is 55.0 Å². The fraction of sp³-hybridized carbons (Fsp3) is 0.176. The zero-order valence-electron chi connectivity index (χ0n) is 12.4. The van der Waals surface area contributed by atoms with Crippen LogP contribution in [0.2, 0.25) is 5.02 Å². The molecule has 2 aromatic carbocycles. The molecule has 0 fully saturated rings. The largest absolute Gasteiger partial charge is 0.325 e. The molecule has 0 aromatic heterocycles.